The summed E-state index contributed by atoms with van der Waals surface area (Å²) in [6.45, 7) is 11.2. The van der Waals surface area contributed by atoms with Crippen molar-refractivity contribution in [3.63, 3.8) is 0 Å². The van der Waals surface area contributed by atoms with Crippen LogP contribution in [-0.2, 0) is 6.54 Å². The molecule has 0 radical (unpaired) electrons. The molecule has 0 saturated carbocycles. The Labute approximate surface area is 271 Å². The highest BCUT2D eigenvalue weighted by Gasteiger charge is 2.18. The molecule has 0 fully saturated rings. The monoisotopic (exact) mass is 596 g/mol. The van der Waals surface area contributed by atoms with Crippen LogP contribution in [0.4, 0.5) is 0 Å². The molecule has 0 aliphatic heterocycles. The number of rotatable bonds is 3. The summed E-state index contributed by atoms with van der Waals surface area (Å²) in [5, 5.41) is 10.4. The average Bonchev–Trinajstić information content (AvgIpc) is 3.64. The fourth-order valence-corrected chi connectivity index (χ4v) is 7.21. The first-order chi connectivity index (χ1) is 22.8. The third kappa shape index (κ3) is 4.48. The Morgan fingerprint density at radius 3 is 1.80 bits per heavy atom. The van der Waals surface area contributed by atoms with Crippen LogP contribution in [0.3, 0.4) is 0 Å². The lowest BCUT2D eigenvalue weighted by molar-refractivity contribution is 0.827. The normalized spacial score (nSPS) is 11.2. The minimum absolute atomic E-state index is 0.920. The van der Waals surface area contributed by atoms with Crippen molar-refractivity contribution in [2.24, 2.45) is 0 Å². The van der Waals surface area contributed by atoms with Crippen molar-refractivity contribution in [1.29, 1.82) is 0 Å². The van der Waals surface area contributed by atoms with Crippen LogP contribution in [0.15, 0.2) is 140 Å². The second-order valence-corrected chi connectivity index (χ2v) is 11.2. The highest BCUT2D eigenvalue weighted by Crippen LogP contribution is 2.41. The summed E-state index contributed by atoms with van der Waals surface area (Å²) in [6, 6.07) is 51.3. The zero-order valence-electron chi connectivity index (χ0n) is 27.4. The lowest BCUT2D eigenvalue weighted by Gasteiger charge is -2.11. The maximum Gasteiger partial charge on any atom is 0.0562 e. The molecule has 2 heterocycles. The molecule has 0 saturated heterocycles. The molecule has 7 aromatic carbocycles. The van der Waals surface area contributed by atoms with E-state index in [4.69, 9.17) is 0 Å². The minimum Gasteiger partial charge on any atom is -0.341 e. The van der Waals surface area contributed by atoms with Gasteiger partial charge in [-0.15, -0.1) is 0 Å². The molecule has 0 aliphatic carbocycles. The lowest BCUT2D eigenvalue weighted by Crippen LogP contribution is -1.96. The van der Waals surface area contributed by atoms with Crippen LogP contribution in [-0.4, -0.2) is 9.13 Å². The summed E-state index contributed by atoms with van der Waals surface area (Å²) in [5.74, 6) is 0. The number of para-hydroxylation sites is 1. The standard InChI is InChI=1S/C40H28N2.2C2H6/c1-2-41-37-23-20-27-11-4-6-14-32(27)40(37)35-24-34-33-15-7-8-17-36(33)42(39(34)25-38(35)41)29-21-18-28(19-22-29)31-16-9-12-26-10-3-5-13-30(26)31;2*1-2/h3-25H,2H2,1H3;2*1-2H3. The topological polar surface area (TPSA) is 9.86 Å². The van der Waals surface area contributed by atoms with Crippen LogP contribution < -0.4 is 0 Å². The van der Waals surface area contributed by atoms with Gasteiger partial charge in [0.05, 0.1) is 16.6 Å². The molecule has 226 valence electrons. The number of fused-ring (bicyclic) bond motifs is 9. The van der Waals surface area contributed by atoms with Crippen molar-refractivity contribution in [2.75, 3.05) is 0 Å². The Kier molecular flexibility index (Phi) is 7.80. The average molecular weight is 597 g/mol. The third-order valence-corrected chi connectivity index (χ3v) is 9.09. The van der Waals surface area contributed by atoms with Crippen LogP contribution in [0.25, 0.3) is 82.0 Å². The number of hydrogen-bond acceptors (Lipinski definition) is 0. The highest BCUT2D eigenvalue weighted by molar-refractivity contribution is 6.24. The quantitative estimate of drug-likeness (QED) is 0.192. The molecule has 0 bridgehead atoms. The van der Waals surface area contributed by atoms with E-state index in [0.717, 1.165) is 6.54 Å². The Balaban J connectivity index is 0.000000815. The van der Waals surface area contributed by atoms with Gasteiger partial charge in [0.15, 0.2) is 0 Å². The SMILES string of the molecule is CC.CC.CCn1c2cc3c(cc2c2c4ccccc4ccc21)c1ccccc1n3-c1ccc(-c2cccc3ccccc23)cc1. The summed E-state index contributed by atoms with van der Waals surface area (Å²) in [6.07, 6.45) is 0. The molecule has 2 heteroatoms. The van der Waals surface area contributed by atoms with E-state index in [9.17, 15) is 0 Å². The van der Waals surface area contributed by atoms with E-state index in [1.54, 1.807) is 0 Å². The van der Waals surface area contributed by atoms with Crippen molar-refractivity contribution in [3.05, 3.63) is 140 Å². The number of nitrogens with zero attached hydrogens (tertiary/aromatic N) is 2. The van der Waals surface area contributed by atoms with Crippen molar-refractivity contribution < 1.29 is 0 Å². The molecule has 0 N–H and O–H groups in total. The number of benzene rings is 7. The second-order valence-electron chi connectivity index (χ2n) is 11.2. The van der Waals surface area contributed by atoms with Gasteiger partial charge in [-0.25, -0.2) is 0 Å². The Morgan fingerprint density at radius 2 is 1.07 bits per heavy atom. The van der Waals surface area contributed by atoms with Crippen LogP contribution in [0.5, 0.6) is 0 Å². The van der Waals surface area contributed by atoms with E-state index in [-0.39, 0.29) is 0 Å². The number of aryl methyl sites for hydroxylation is 1. The molecular formula is C44H40N2. The molecule has 0 unspecified atom stereocenters. The van der Waals surface area contributed by atoms with Crippen LogP contribution in [0, 0.1) is 0 Å². The van der Waals surface area contributed by atoms with Crippen molar-refractivity contribution in [3.8, 4) is 16.8 Å². The van der Waals surface area contributed by atoms with Gasteiger partial charge in [-0.2, -0.15) is 0 Å². The van der Waals surface area contributed by atoms with Gasteiger partial charge in [-0.05, 0) is 76.0 Å². The first-order valence-corrected chi connectivity index (χ1v) is 16.8. The van der Waals surface area contributed by atoms with E-state index >= 15 is 0 Å². The predicted molar refractivity (Wildman–Crippen MR) is 203 cm³/mol. The van der Waals surface area contributed by atoms with Gasteiger partial charge < -0.3 is 9.13 Å². The first kappa shape index (κ1) is 29.4. The fourth-order valence-electron chi connectivity index (χ4n) is 7.21. The molecule has 0 aliphatic rings. The Hall–Kier alpha value is -5.34. The van der Waals surface area contributed by atoms with Gasteiger partial charge in [0.1, 0.15) is 0 Å². The van der Waals surface area contributed by atoms with Crippen LogP contribution >= 0.6 is 0 Å². The van der Waals surface area contributed by atoms with Gasteiger partial charge >= 0.3 is 0 Å². The zero-order valence-corrected chi connectivity index (χ0v) is 27.4. The maximum atomic E-state index is 2.47. The molecule has 9 rings (SSSR count). The molecule has 0 amide bonds. The maximum absolute atomic E-state index is 2.47. The van der Waals surface area contributed by atoms with E-state index in [1.807, 2.05) is 27.7 Å². The molecule has 0 atom stereocenters. The fraction of sp³-hybridized carbons (Fsp3) is 0.136. The van der Waals surface area contributed by atoms with Crippen molar-refractivity contribution in [2.45, 2.75) is 41.2 Å². The van der Waals surface area contributed by atoms with E-state index in [1.165, 1.54) is 82.0 Å². The first-order valence-electron chi connectivity index (χ1n) is 16.8. The molecule has 0 spiro atoms. The van der Waals surface area contributed by atoms with Crippen molar-refractivity contribution in [1.82, 2.24) is 9.13 Å². The number of aromatic nitrogens is 2. The minimum atomic E-state index is 0.920. The van der Waals surface area contributed by atoms with E-state index in [2.05, 4.69) is 156 Å². The summed E-state index contributed by atoms with van der Waals surface area (Å²) in [4.78, 5) is 0. The largest absolute Gasteiger partial charge is 0.341 e. The predicted octanol–water partition coefficient (Wildman–Crippen LogP) is 12.9. The summed E-state index contributed by atoms with van der Waals surface area (Å²) >= 11 is 0. The molecular weight excluding hydrogens is 556 g/mol. The van der Waals surface area contributed by atoms with E-state index < -0.39 is 0 Å². The van der Waals surface area contributed by atoms with Gasteiger partial charge in [0, 0.05) is 39.3 Å². The summed E-state index contributed by atoms with van der Waals surface area (Å²) < 4.78 is 4.91. The third-order valence-electron chi connectivity index (χ3n) is 9.09. The molecule has 2 aromatic heterocycles. The van der Waals surface area contributed by atoms with Crippen LogP contribution in [0.1, 0.15) is 34.6 Å². The number of hydrogen-bond donors (Lipinski definition) is 0. The Bertz CT molecular complexity index is 2480. The molecule has 2 nitrogen and oxygen atoms in total. The van der Waals surface area contributed by atoms with Gasteiger partial charge in [0.2, 0.25) is 0 Å². The van der Waals surface area contributed by atoms with E-state index in [0.29, 0.717) is 0 Å². The molecule has 9 aromatic rings. The molecule has 46 heavy (non-hydrogen) atoms. The van der Waals surface area contributed by atoms with Gasteiger partial charge in [-0.1, -0.05) is 131 Å². The van der Waals surface area contributed by atoms with Crippen molar-refractivity contribution >= 4 is 65.2 Å². The summed E-state index contributed by atoms with van der Waals surface area (Å²) in [7, 11) is 0. The Morgan fingerprint density at radius 1 is 0.435 bits per heavy atom. The highest BCUT2D eigenvalue weighted by atomic mass is 15.0. The second kappa shape index (κ2) is 12.2. The van der Waals surface area contributed by atoms with Gasteiger partial charge in [-0.3, -0.25) is 0 Å². The lowest BCUT2D eigenvalue weighted by atomic mass is 9.98. The van der Waals surface area contributed by atoms with Crippen LogP contribution in [0.2, 0.25) is 0 Å². The zero-order chi connectivity index (χ0) is 31.8. The van der Waals surface area contributed by atoms with Gasteiger partial charge in [0.25, 0.3) is 0 Å². The summed E-state index contributed by atoms with van der Waals surface area (Å²) in [5.41, 5.74) is 8.73. The smallest absolute Gasteiger partial charge is 0.0562 e.